The zero-order valence-electron chi connectivity index (χ0n) is 46.0. The summed E-state index contributed by atoms with van der Waals surface area (Å²) in [5, 5.41) is 9.66. The summed E-state index contributed by atoms with van der Waals surface area (Å²) in [5.74, 6) is -0.609. The fourth-order valence-corrected chi connectivity index (χ4v) is 8.41. The molecule has 0 aromatic rings. The summed E-state index contributed by atoms with van der Waals surface area (Å²) in [4.78, 5) is 24.6. The van der Waals surface area contributed by atoms with Gasteiger partial charge in [-0.15, -0.1) is 0 Å². The van der Waals surface area contributed by atoms with Gasteiger partial charge in [-0.25, -0.2) is 0 Å². The molecule has 5 heteroatoms. The van der Waals surface area contributed by atoms with Gasteiger partial charge in [0, 0.05) is 12.8 Å². The summed E-state index contributed by atoms with van der Waals surface area (Å²) in [5.41, 5.74) is 0. The minimum absolute atomic E-state index is 0.0770. The molecule has 0 rings (SSSR count). The summed E-state index contributed by atoms with van der Waals surface area (Å²) >= 11 is 0. The van der Waals surface area contributed by atoms with Crippen molar-refractivity contribution in [1.29, 1.82) is 0 Å². The Labute approximate surface area is 434 Å². The molecule has 0 aromatic heterocycles. The van der Waals surface area contributed by atoms with Gasteiger partial charge in [-0.1, -0.05) is 272 Å². The monoisotopic (exact) mass is 973 g/mol. The normalized spacial score (nSPS) is 12.9. The number of allylic oxidation sites excluding steroid dienone is 16. The predicted molar refractivity (Wildman–Crippen MR) is 306 cm³/mol. The van der Waals surface area contributed by atoms with Gasteiger partial charge in [-0.05, 0) is 96.3 Å². The lowest BCUT2D eigenvalue weighted by Gasteiger charge is -2.15. The summed E-state index contributed by atoms with van der Waals surface area (Å²) in [7, 11) is 0. The van der Waals surface area contributed by atoms with Crippen LogP contribution >= 0.6 is 0 Å². The summed E-state index contributed by atoms with van der Waals surface area (Å²) in [6, 6.07) is 0. The van der Waals surface area contributed by atoms with Gasteiger partial charge in [0.05, 0.1) is 6.61 Å². The molecule has 1 unspecified atom stereocenters. The Bertz CT molecular complexity index is 1330. The van der Waals surface area contributed by atoms with E-state index >= 15 is 0 Å². The number of hydrogen-bond acceptors (Lipinski definition) is 5. The van der Waals surface area contributed by atoms with Crippen LogP contribution in [0.1, 0.15) is 284 Å². The molecule has 0 saturated heterocycles. The first-order chi connectivity index (χ1) is 34.6. The number of carbonyl (C=O) groups excluding carboxylic acids is 2. The molecule has 70 heavy (non-hydrogen) atoms. The Morgan fingerprint density at radius 3 is 0.943 bits per heavy atom. The van der Waals surface area contributed by atoms with Crippen molar-refractivity contribution in [3.05, 3.63) is 97.2 Å². The van der Waals surface area contributed by atoms with Crippen molar-refractivity contribution in [2.45, 2.75) is 290 Å². The van der Waals surface area contributed by atoms with Crippen LogP contribution in [0, 0.1) is 0 Å². The molecule has 402 valence electrons. The Kier molecular flexibility index (Phi) is 57.4. The number of aliphatic hydroxyl groups excluding tert-OH is 1. The molecular weight excluding hydrogens is 861 g/mol. The van der Waals surface area contributed by atoms with E-state index in [1.807, 2.05) is 0 Å². The summed E-state index contributed by atoms with van der Waals surface area (Å²) in [6.45, 7) is 4.03. The first-order valence-corrected chi connectivity index (χ1v) is 29.8. The topological polar surface area (TPSA) is 72.8 Å². The highest BCUT2D eigenvalue weighted by Gasteiger charge is 2.16. The SMILES string of the molecule is CC/C=C\C/C=C\C/C=C\C/C=C\C/C=C\C/C=C\C/C=C\CCCCCCCC(=O)OC(CO)COC(=O)CCCCCCCCCCCCCCCCCCC/C=C\CCCCCCCCCC. The van der Waals surface area contributed by atoms with Crippen LogP contribution in [0.3, 0.4) is 0 Å². The number of carbonyl (C=O) groups is 2. The molecule has 0 spiro atoms. The third kappa shape index (κ3) is 57.4. The second-order valence-corrected chi connectivity index (χ2v) is 19.7. The second-order valence-electron chi connectivity index (χ2n) is 19.7. The Balaban J connectivity index is 3.53. The maximum atomic E-state index is 12.3. The minimum Gasteiger partial charge on any atom is -0.462 e. The van der Waals surface area contributed by atoms with Crippen LogP contribution in [-0.4, -0.2) is 36.4 Å². The van der Waals surface area contributed by atoms with E-state index in [9.17, 15) is 14.7 Å². The quantitative estimate of drug-likeness (QED) is 0.0373. The van der Waals surface area contributed by atoms with Gasteiger partial charge in [0.25, 0.3) is 0 Å². The largest absolute Gasteiger partial charge is 0.462 e. The fourth-order valence-electron chi connectivity index (χ4n) is 8.41. The number of hydrogen-bond donors (Lipinski definition) is 1. The van der Waals surface area contributed by atoms with Crippen LogP contribution in [0.5, 0.6) is 0 Å². The molecule has 0 aliphatic carbocycles. The average Bonchev–Trinajstić information content (AvgIpc) is 3.36. The highest BCUT2D eigenvalue weighted by molar-refractivity contribution is 5.70. The Hall–Kier alpha value is -3.18. The van der Waals surface area contributed by atoms with E-state index < -0.39 is 6.10 Å². The molecule has 1 atom stereocenters. The Morgan fingerprint density at radius 1 is 0.343 bits per heavy atom. The molecule has 5 nitrogen and oxygen atoms in total. The van der Waals surface area contributed by atoms with E-state index in [1.54, 1.807) is 0 Å². The lowest BCUT2D eigenvalue weighted by Crippen LogP contribution is -2.28. The second kappa shape index (κ2) is 60.1. The molecule has 0 radical (unpaired) electrons. The lowest BCUT2D eigenvalue weighted by atomic mass is 10.0. The van der Waals surface area contributed by atoms with Gasteiger partial charge < -0.3 is 14.6 Å². The molecule has 0 aliphatic rings. The zero-order chi connectivity index (χ0) is 50.6. The molecule has 0 fully saturated rings. The molecule has 0 saturated carbocycles. The van der Waals surface area contributed by atoms with Crippen LogP contribution in [-0.2, 0) is 19.1 Å². The molecule has 0 aromatic carbocycles. The first kappa shape index (κ1) is 66.8. The van der Waals surface area contributed by atoms with E-state index in [0.717, 1.165) is 103 Å². The molecule has 0 heterocycles. The van der Waals surface area contributed by atoms with Crippen molar-refractivity contribution in [3.8, 4) is 0 Å². The van der Waals surface area contributed by atoms with E-state index in [0.29, 0.717) is 12.8 Å². The summed E-state index contributed by atoms with van der Waals surface area (Å²) in [6.07, 6.45) is 85.3. The van der Waals surface area contributed by atoms with Crippen LogP contribution in [0.25, 0.3) is 0 Å². The molecule has 1 N–H and O–H groups in total. The van der Waals surface area contributed by atoms with Crippen LogP contribution in [0.4, 0.5) is 0 Å². The minimum atomic E-state index is -0.789. The van der Waals surface area contributed by atoms with Crippen molar-refractivity contribution < 1.29 is 24.2 Å². The van der Waals surface area contributed by atoms with Crippen LogP contribution < -0.4 is 0 Å². The molecule has 0 bridgehead atoms. The number of aliphatic hydroxyl groups is 1. The van der Waals surface area contributed by atoms with Gasteiger partial charge >= 0.3 is 11.9 Å². The van der Waals surface area contributed by atoms with Gasteiger partial charge in [-0.3, -0.25) is 9.59 Å². The van der Waals surface area contributed by atoms with Crippen molar-refractivity contribution >= 4 is 11.9 Å². The molecule has 0 amide bonds. The smallest absolute Gasteiger partial charge is 0.306 e. The summed E-state index contributed by atoms with van der Waals surface area (Å²) < 4.78 is 10.7. The highest BCUT2D eigenvalue weighted by Crippen LogP contribution is 2.16. The first-order valence-electron chi connectivity index (χ1n) is 29.8. The van der Waals surface area contributed by atoms with E-state index in [1.165, 1.54) is 154 Å². The Morgan fingerprint density at radius 2 is 0.614 bits per heavy atom. The highest BCUT2D eigenvalue weighted by atomic mass is 16.6. The van der Waals surface area contributed by atoms with Crippen molar-refractivity contribution in [2.75, 3.05) is 13.2 Å². The van der Waals surface area contributed by atoms with E-state index in [-0.39, 0.29) is 25.2 Å². The van der Waals surface area contributed by atoms with Crippen molar-refractivity contribution in [1.82, 2.24) is 0 Å². The predicted octanol–water partition coefficient (Wildman–Crippen LogP) is 20.3. The van der Waals surface area contributed by atoms with Gasteiger partial charge in [0.1, 0.15) is 6.61 Å². The van der Waals surface area contributed by atoms with E-state index in [2.05, 4.69) is 111 Å². The van der Waals surface area contributed by atoms with Gasteiger partial charge in [-0.2, -0.15) is 0 Å². The number of ether oxygens (including phenoxy) is 2. The third-order valence-corrected chi connectivity index (χ3v) is 12.9. The molecule has 0 aliphatic heterocycles. The van der Waals surface area contributed by atoms with Crippen molar-refractivity contribution in [2.24, 2.45) is 0 Å². The van der Waals surface area contributed by atoms with Crippen molar-refractivity contribution in [3.63, 3.8) is 0 Å². The van der Waals surface area contributed by atoms with Gasteiger partial charge in [0.15, 0.2) is 6.10 Å². The maximum absolute atomic E-state index is 12.3. The van der Waals surface area contributed by atoms with Crippen LogP contribution in [0.15, 0.2) is 97.2 Å². The average molecular weight is 974 g/mol. The zero-order valence-corrected chi connectivity index (χ0v) is 46.0. The number of esters is 2. The lowest BCUT2D eigenvalue weighted by molar-refractivity contribution is -0.161. The maximum Gasteiger partial charge on any atom is 0.306 e. The standard InChI is InChI=1S/C65H112O5/c1-3-5-7-9-11-13-15-17-19-21-23-25-27-29-31-32-34-35-37-39-41-43-45-47-49-51-53-55-57-59-64(67)69-62-63(61-66)70-65(68)60-58-56-54-52-50-48-46-44-42-40-38-36-33-30-28-26-24-22-20-18-16-14-12-10-8-6-4-2/h6,8,12,14,18,20-21,23-24,26,30,33,38,40,44,46,63,66H,3-5,7,9-11,13,15-17,19,22,25,27-29,31-32,34-37,39,41-43,45,47-62H2,1-2H3/b8-6-,14-12-,20-18-,23-21-,26-24-,33-30-,40-38-,46-44-. The fraction of sp³-hybridized carbons (Fsp3) is 0.723. The number of unbranched alkanes of at least 4 members (excludes halogenated alkanes) is 30. The third-order valence-electron chi connectivity index (χ3n) is 12.9. The van der Waals surface area contributed by atoms with Crippen LogP contribution in [0.2, 0.25) is 0 Å². The van der Waals surface area contributed by atoms with E-state index in [4.69, 9.17) is 9.47 Å². The molecular formula is C65H112O5. The van der Waals surface area contributed by atoms with Gasteiger partial charge in [0.2, 0.25) is 0 Å². The number of rotatable bonds is 54.